The molecule has 1 aliphatic rings. The molecule has 30 heavy (non-hydrogen) atoms. The molecule has 2 aromatic rings. The van der Waals surface area contributed by atoms with E-state index in [1.165, 1.54) is 12.1 Å². The number of anilines is 1. The molecule has 0 saturated carbocycles. The standard InChI is InChI=1S/C22H23ClF3NO3/c1-14(2)30-19-8-7-17(13-18(19)22(24,25)26)27-20(28)21(9-11-29-12-10-21)15-3-5-16(23)6-4-15/h3-8,13-14H,9-12H2,1-2H3,(H,27,28). The number of carbonyl (C=O) groups excluding carboxylic acids is 1. The maximum absolute atomic E-state index is 13.5. The topological polar surface area (TPSA) is 47.6 Å². The van der Waals surface area contributed by atoms with Crippen LogP contribution in [-0.4, -0.2) is 25.2 Å². The second kappa shape index (κ2) is 8.86. The van der Waals surface area contributed by atoms with Gasteiger partial charge in [-0.15, -0.1) is 0 Å². The largest absolute Gasteiger partial charge is 0.490 e. The Morgan fingerprint density at radius 2 is 1.77 bits per heavy atom. The summed E-state index contributed by atoms with van der Waals surface area (Å²) >= 11 is 5.97. The number of nitrogens with one attached hydrogen (secondary N) is 1. The van der Waals surface area contributed by atoms with Gasteiger partial charge < -0.3 is 14.8 Å². The van der Waals surface area contributed by atoms with Crippen molar-refractivity contribution in [2.45, 2.75) is 44.4 Å². The number of ether oxygens (including phenoxy) is 2. The number of alkyl halides is 3. The third kappa shape index (κ3) is 4.90. The number of amides is 1. The average Bonchev–Trinajstić information content (AvgIpc) is 2.69. The van der Waals surface area contributed by atoms with Crippen LogP contribution in [0.4, 0.5) is 18.9 Å². The number of hydrogen-bond acceptors (Lipinski definition) is 3. The van der Waals surface area contributed by atoms with Gasteiger partial charge in [-0.25, -0.2) is 0 Å². The van der Waals surface area contributed by atoms with Gasteiger partial charge in [0.1, 0.15) is 5.75 Å². The van der Waals surface area contributed by atoms with E-state index in [-0.39, 0.29) is 17.3 Å². The molecule has 4 nitrogen and oxygen atoms in total. The minimum atomic E-state index is -4.61. The third-order valence-corrected chi connectivity index (χ3v) is 5.34. The fraction of sp³-hybridized carbons (Fsp3) is 0.409. The Hall–Kier alpha value is -2.25. The Kier molecular flexibility index (Phi) is 6.62. The van der Waals surface area contributed by atoms with Crippen molar-refractivity contribution in [1.82, 2.24) is 0 Å². The summed E-state index contributed by atoms with van der Waals surface area (Å²) in [7, 11) is 0. The Balaban J connectivity index is 1.93. The number of halogens is 4. The normalized spacial score (nSPS) is 16.4. The summed E-state index contributed by atoms with van der Waals surface area (Å²) in [6.45, 7) is 4.06. The van der Waals surface area contributed by atoms with Gasteiger partial charge in [0.05, 0.1) is 17.1 Å². The zero-order valence-electron chi connectivity index (χ0n) is 16.7. The highest BCUT2D eigenvalue weighted by Gasteiger charge is 2.42. The number of carbonyl (C=O) groups is 1. The van der Waals surface area contributed by atoms with Gasteiger partial charge in [0, 0.05) is 23.9 Å². The van der Waals surface area contributed by atoms with Crippen LogP contribution in [0.5, 0.6) is 5.75 Å². The second-order valence-corrected chi connectivity index (χ2v) is 7.97. The molecule has 1 fully saturated rings. The molecule has 1 amide bonds. The second-order valence-electron chi connectivity index (χ2n) is 7.53. The van der Waals surface area contributed by atoms with Crippen LogP contribution in [0.2, 0.25) is 5.02 Å². The summed E-state index contributed by atoms with van der Waals surface area (Å²) in [5.41, 5.74) is -1.03. The van der Waals surface area contributed by atoms with Gasteiger partial charge in [-0.05, 0) is 62.6 Å². The van der Waals surface area contributed by atoms with Crippen LogP contribution in [0, 0.1) is 0 Å². The van der Waals surface area contributed by atoms with Crippen LogP contribution in [0.1, 0.15) is 37.8 Å². The molecule has 1 heterocycles. The lowest BCUT2D eigenvalue weighted by atomic mass is 9.73. The summed E-state index contributed by atoms with van der Waals surface area (Å²) in [4.78, 5) is 13.3. The van der Waals surface area contributed by atoms with E-state index < -0.39 is 23.3 Å². The minimum Gasteiger partial charge on any atom is -0.490 e. The van der Waals surface area contributed by atoms with Gasteiger partial charge in [0.2, 0.25) is 5.91 Å². The van der Waals surface area contributed by atoms with Gasteiger partial charge in [0.25, 0.3) is 0 Å². The molecule has 1 N–H and O–H groups in total. The summed E-state index contributed by atoms with van der Waals surface area (Å²) in [6, 6.07) is 10.5. The van der Waals surface area contributed by atoms with Gasteiger partial charge in [-0.3, -0.25) is 4.79 Å². The smallest absolute Gasteiger partial charge is 0.420 e. The van der Waals surface area contributed by atoms with Crippen molar-refractivity contribution < 1.29 is 27.4 Å². The minimum absolute atomic E-state index is 0.0586. The van der Waals surface area contributed by atoms with Crippen molar-refractivity contribution in [3.05, 3.63) is 58.6 Å². The van der Waals surface area contributed by atoms with Crippen molar-refractivity contribution in [2.24, 2.45) is 0 Å². The van der Waals surface area contributed by atoms with E-state index in [4.69, 9.17) is 21.1 Å². The molecule has 2 aromatic carbocycles. The van der Waals surface area contributed by atoms with E-state index in [9.17, 15) is 18.0 Å². The number of rotatable bonds is 5. The molecular formula is C22H23ClF3NO3. The molecule has 0 bridgehead atoms. The lowest BCUT2D eigenvalue weighted by Gasteiger charge is -2.36. The van der Waals surface area contributed by atoms with Gasteiger partial charge >= 0.3 is 6.18 Å². The van der Waals surface area contributed by atoms with Crippen LogP contribution in [-0.2, 0) is 21.1 Å². The van der Waals surface area contributed by atoms with Crippen LogP contribution in [0.15, 0.2) is 42.5 Å². The quantitative estimate of drug-likeness (QED) is 0.634. The SMILES string of the molecule is CC(C)Oc1ccc(NC(=O)C2(c3ccc(Cl)cc3)CCOCC2)cc1C(F)(F)F. The Morgan fingerprint density at radius 1 is 1.13 bits per heavy atom. The lowest BCUT2D eigenvalue weighted by Crippen LogP contribution is -2.44. The van der Waals surface area contributed by atoms with Crippen molar-refractivity contribution >= 4 is 23.2 Å². The Labute approximate surface area is 178 Å². The van der Waals surface area contributed by atoms with Crippen molar-refractivity contribution in [1.29, 1.82) is 0 Å². The third-order valence-electron chi connectivity index (χ3n) is 5.08. The molecule has 3 rings (SSSR count). The van der Waals surface area contributed by atoms with Crippen molar-refractivity contribution in [3.63, 3.8) is 0 Å². The molecule has 0 aliphatic carbocycles. The fourth-order valence-corrected chi connectivity index (χ4v) is 3.70. The van der Waals surface area contributed by atoms with Crippen LogP contribution in [0.25, 0.3) is 0 Å². The number of hydrogen-bond donors (Lipinski definition) is 1. The van der Waals surface area contributed by atoms with Crippen LogP contribution >= 0.6 is 11.6 Å². The van der Waals surface area contributed by atoms with Crippen molar-refractivity contribution in [3.8, 4) is 5.75 Å². The zero-order chi connectivity index (χ0) is 21.9. The highest BCUT2D eigenvalue weighted by atomic mass is 35.5. The first kappa shape index (κ1) is 22.4. The molecule has 1 aliphatic heterocycles. The van der Waals surface area contributed by atoms with Crippen LogP contribution in [0.3, 0.4) is 0 Å². The molecule has 0 unspecified atom stereocenters. The van der Waals surface area contributed by atoms with Gasteiger partial charge in [-0.2, -0.15) is 13.2 Å². The highest BCUT2D eigenvalue weighted by molar-refractivity contribution is 6.30. The maximum atomic E-state index is 13.5. The molecular weight excluding hydrogens is 419 g/mol. The molecule has 0 radical (unpaired) electrons. The Bertz CT molecular complexity index is 891. The molecule has 0 spiro atoms. The van der Waals surface area contributed by atoms with E-state index in [2.05, 4.69) is 5.32 Å². The predicted molar refractivity (Wildman–Crippen MR) is 109 cm³/mol. The predicted octanol–water partition coefficient (Wildman–Crippen LogP) is 5.83. The summed E-state index contributed by atoms with van der Waals surface area (Å²) < 4.78 is 51.3. The molecule has 8 heteroatoms. The first-order valence-corrected chi connectivity index (χ1v) is 10.0. The first-order chi connectivity index (χ1) is 14.1. The average molecular weight is 442 g/mol. The zero-order valence-corrected chi connectivity index (χ0v) is 17.4. The maximum Gasteiger partial charge on any atom is 0.420 e. The fourth-order valence-electron chi connectivity index (χ4n) is 3.57. The van der Waals surface area contributed by atoms with E-state index in [1.807, 2.05) is 0 Å². The summed E-state index contributed by atoms with van der Waals surface area (Å²) in [6.07, 6.45) is -4.19. The van der Waals surface area contributed by atoms with Gasteiger partial charge in [0.15, 0.2) is 0 Å². The van der Waals surface area contributed by atoms with E-state index in [0.717, 1.165) is 11.6 Å². The van der Waals surface area contributed by atoms with E-state index in [0.29, 0.717) is 31.1 Å². The first-order valence-electron chi connectivity index (χ1n) is 9.65. The van der Waals surface area contributed by atoms with E-state index >= 15 is 0 Å². The monoisotopic (exact) mass is 441 g/mol. The molecule has 0 aromatic heterocycles. The Morgan fingerprint density at radius 3 is 2.33 bits per heavy atom. The summed E-state index contributed by atoms with van der Waals surface area (Å²) in [5.74, 6) is -0.646. The van der Waals surface area contributed by atoms with Crippen LogP contribution < -0.4 is 10.1 Å². The summed E-state index contributed by atoms with van der Waals surface area (Å²) in [5, 5.41) is 3.21. The number of benzene rings is 2. The van der Waals surface area contributed by atoms with E-state index in [1.54, 1.807) is 38.1 Å². The van der Waals surface area contributed by atoms with Crippen molar-refractivity contribution in [2.75, 3.05) is 18.5 Å². The van der Waals surface area contributed by atoms with Gasteiger partial charge in [-0.1, -0.05) is 23.7 Å². The molecule has 0 atom stereocenters. The molecule has 162 valence electrons. The lowest BCUT2D eigenvalue weighted by molar-refractivity contribution is -0.139. The highest BCUT2D eigenvalue weighted by Crippen LogP contribution is 2.40. The molecule has 1 saturated heterocycles.